The van der Waals surface area contributed by atoms with Crippen LogP contribution < -0.4 is 0 Å². The molecule has 0 spiro atoms. The van der Waals surface area contributed by atoms with Crippen molar-refractivity contribution in [3.8, 4) is 0 Å². The smallest absolute Gasteiger partial charge is 0.163 e. The molecule has 1 rings (SSSR count). The van der Waals surface area contributed by atoms with E-state index in [1.807, 2.05) is 20.8 Å². The Hall–Kier alpha value is -0.120. The molecule has 0 radical (unpaired) electrons. The van der Waals surface area contributed by atoms with E-state index in [4.69, 9.17) is 9.47 Å². The van der Waals surface area contributed by atoms with Crippen LogP contribution in [-0.2, 0) is 9.47 Å². The van der Waals surface area contributed by atoms with Crippen LogP contribution in [0.2, 0.25) is 0 Å². The van der Waals surface area contributed by atoms with E-state index in [0.29, 0.717) is 5.92 Å². The highest BCUT2D eigenvalue weighted by Crippen LogP contribution is 2.30. The Labute approximate surface area is 86.4 Å². The van der Waals surface area contributed by atoms with E-state index in [1.54, 1.807) is 0 Å². The molecule has 3 heteroatoms. The van der Waals surface area contributed by atoms with Crippen LogP contribution in [0.1, 0.15) is 34.6 Å². The van der Waals surface area contributed by atoms with Crippen molar-refractivity contribution in [2.24, 2.45) is 17.8 Å². The van der Waals surface area contributed by atoms with Crippen LogP contribution >= 0.6 is 0 Å². The van der Waals surface area contributed by atoms with Gasteiger partial charge in [-0.15, -0.1) is 0 Å². The van der Waals surface area contributed by atoms with Crippen LogP contribution in [0.25, 0.3) is 0 Å². The quantitative estimate of drug-likeness (QED) is 0.744. The molecule has 3 nitrogen and oxygen atoms in total. The topological polar surface area (TPSA) is 38.7 Å². The summed E-state index contributed by atoms with van der Waals surface area (Å²) in [7, 11) is 0. The van der Waals surface area contributed by atoms with Crippen LogP contribution in [0.15, 0.2) is 0 Å². The Morgan fingerprint density at radius 3 is 2.00 bits per heavy atom. The normalized spacial score (nSPS) is 39.4. The predicted octanol–water partition coefficient (Wildman–Crippen LogP) is 1.99. The second-order valence-electron chi connectivity index (χ2n) is 4.84. The predicted molar refractivity (Wildman–Crippen MR) is 54.6 cm³/mol. The monoisotopic (exact) mass is 202 g/mol. The summed E-state index contributed by atoms with van der Waals surface area (Å²) in [4.78, 5) is 0. The molecule has 84 valence electrons. The molecule has 1 N–H and O–H groups in total. The molecule has 0 aromatic heterocycles. The molecule has 0 bridgehead atoms. The lowest BCUT2D eigenvalue weighted by molar-refractivity contribution is -0.335. The van der Waals surface area contributed by atoms with Crippen LogP contribution in [0.3, 0.4) is 0 Å². The lowest BCUT2D eigenvalue weighted by atomic mass is 9.92. The largest absolute Gasteiger partial charge is 0.368 e. The first-order valence-corrected chi connectivity index (χ1v) is 5.42. The molecular weight excluding hydrogens is 180 g/mol. The number of hydrogen-bond donors (Lipinski definition) is 1. The highest BCUT2D eigenvalue weighted by molar-refractivity contribution is 4.77. The zero-order chi connectivity index (χ0) is 10.9. The zero-order valence-corrected chi connectivity index (χ0v) is 9.73. The first-order chi connectivity index (χ1) is 6.43. The van der Waals surface area contributed by atoms with Gasteiger partial charge in [0.05, 0.1) is 6.10 Å². The van der Waals surface area contributed by atoms with Gasteiger partial charge in [-0.05, 0) is 5.92 Å². The SMILES string of the molecule is CC(C)[C@@H]1O[C@@H](O)[C@H](C)[C@H](C(C)C)O1. The first kappa shape index (κ1) is 12.0. The van der Waals surface area contributed by atoms with E-state index in [-0.39, 0.29) is 24.2 Å². The minimum atomic E-state index is -0.691. The molecule has 0 aromatic carbocycles. The van der Waals surface area contributed by atoms with Gasteiger partial charge in [-0.1, -0.05) is 34.6 Å². The summed E-state index contributed by atoms with van der Waals surface area (Å²) in [6, 6.07) is 0. The fourth-order valence-corrected chi connectivity index (χ4v) is 1.81. The van der Waals surface area contributed by atoms with Crippen molar-refractivity contribution in [3.63, 3.8) is 0 Å². The van der Waals surface area contributed by atoms with Crippen molar-refractivity contribution in [2.45, 2.75) is 53.3 Å². The molecule has 1 fully saturated rings. The number of rotatable bonds is 2. The summed E-state index contributed by atoms with van der Waals surface area (Å²) in [5, 5.41) is 9.71. The Morgan fingerprint density at radius 1 is 1.00 bits per heavy atom. The van der Waals surface area contributed by atoms with Crippen LogP contribution in [-0.4, -0.2) is 23.8 Å². The lowest BCUT2D eigenvalue weighted by Crippen LogP contribution is -2.48. The van der Waals surface area contributed by atoms with Gasteiger partial charge in [0.15, 0.2) is 12.6 Å². The van der Waals surface area contributed by atoms with Gasteiger partial charge in [0.25, 0.3) is 0 Å². The summed E-state index contributed by atoms with van der Waals surface area (Å²) in [5.41, 5.74) is 0. The van der Waals surface area contributed by atoms with Crippen molar-refractivity contribution < 1.29 is 14.6 Å². The molecule has 0 aliphatic carbocycles. The standard InChI is InChI=1S/C11H22O3/c1-6(2)9-8(5)10(12)14-11(13-9)7(3)4/h6-12H,1-5H3/t8-,9+,10-,11+/m1/s1. The molecule has 1 aliphatic heterocycles. The Bertz CT molecular complexity index is 179. The fourth-order valence-electron chi connectivity index (χ4n) is 1.81. The van der Waals surface area contributed by atoms with E-state index in [2.05, 4.69) is 13.8 Å². The van der Waals surface area contributed by atoms with E-state index in [9.17, 15) is 5.11 Å². The number of aliphatic hydroxyl groups is 1. The third-order valence-electron chi connectivity index (χ3n) is 2.73. The number of hydrogen-bond acceptors (Lipinski definition) is 3. The van der Waals surface area contributed by atoms with E-state index < -0.39 is 6.29 Å². The molecule has 0 amide bonds. The maximum Gasteiger partial charge on any atom is 0.163 e. The summed E-state index contributed by atoms with van der Waals surface area (Å²) in [6.07, 6.45) is -0.872. The second-order valence-corrected chi connectivity index (χ2v) is 4.84. The van der Waals surface area contributed by atoms with Crippen LogP contribution in [0.5, 0.6) is 0 Å². The summed E-state index contributed by atoms with van der Waals surface area (Å²) >= 11 is 0. The van der Waals surface area contributed by atoms with Crippen LogP contribution in [0.4, 0.5) is 0 Å². The molecule has 4 atom stereocenters. The van der Waals surface area contributed by atoms with E-state index in [0.717, 1.165) is 0 Å². The van der Waals surface area contributed by atoms with Crippen LogP contribution in [0, 0.1) is 17.8 Å². The van der Waals surface area contributed by atoms with Crippen molar-refractivity contribution in [1.82, 2.24) is 0 Å². The van der Waals surface area contributed by atoms with Crippen molar-refractivity contribution in [3.05, 3.63) is 0 Å². The van der Waals surface area contributed by atoms with Gasteiger partial charge in [-0.25, -0.2) is 0 Å². The van der Waals surface area contributed by atoms with Gasteiger partial charge in [0, 0.05) is 11.8 Å². The minimum Gasteiger partial charge on any atom is -0.368 e. The molecule has 1 heterocycles. The average Bonchev–Trinajstić information content (AvgIpc) is 2.08. The van der Waals surface area contributed by atoms with Gasteiger partial charge in [-0.3, -0.25) is 0 Å². The third kappa shape index (κ3) is 2.47. The minimum absolute atomic E-state index is 0.0463. The van der Waals surface area contributed by atoms with Gasteiger partial charge in [0.1, 0.15) is 0 Å². The molecule has 0 aromatic rings. The molecule has 1 aliphatic rings. The average molecular weight is 202 g/mol. The lowest BCUT2D eigenvalue weighted by Gasteiger charge is -2.41. The molecule has 14 heavy (non-hydrogen) atoms. The number of aliphatic hydroxyl groups excluding tert-OH is 1. The molecular formula is C11H22O3. The molecule has 0 unspecified atom stereocenters. The Kier molecular flexibility index (Phi) is 3.93. The zero-order valence-electron chi connectivity index (χ0n) is 9.73. The summed E-state index contributed by atoms with van der Waals surface area (Å²) < 4.78 is 11.2. The molecule has 0 saturated carbocycles. The Balaban J connectivity index is 2.66. The van der Waals surface area contributed by atoms with Gasteiger partial charge in [-0.2, -0.15) is 0 Å². The molecule has 1 saturated heterocycles. The van der Waals surface area contributed by atoms with Crippen molar-refractivity contribution >= 4 is 0 Å². The third-order valence-corrected chi connectivity index (χ3v) is 2.73. The van der Waals surface area contributed by atoms with Gasteiger partial charge >= 0.3 is 0 Å². The van der Waals surface area contributed by atoms with Gasteiger partial charge < -0.3 is 14.6 Å². The number of ether oxygens (including phenoxy) is 2. The maximum absolute atomic E-state index is 9.71. The summed E-state index contributed by atoms with van der Waals surface area (Å²) in [6.45, 7) is 10.2. The highest BCUT2D eigenvalue weighted by atomic mass is 16.7. The summed E-state index contributed by atoms with van der Waals surface area (Å²) in [5.74, 6) is 0.730. The van der Waals surface area contributed by atoms with E-state index >= 15 is 0 Å². The first-order valence-electron chi connectivity index (χ1n) is 5.42. The Morgan fingerprint density at radius 2 is 1.57 bits per heavy atom. The fraction of sp³-hybridized carbons (Fsp3) is 1.00. The highest BCUT2D eigenvalue weighted by Gasteiger charge is 2.38. The van der Waals surface area contributed by atoms with E-state index in [1.165, 1.54) is 0 Å². The second kappa shape index (κ2) is 4.60. The van der Waals surface area contributed by atoms with Crippen molar-refractivity contribution in [2.75, 3.05) is 0 Å². The van der Waals surface area contributed by atoms with Crippen molar-refractivity contribution in [1.29, 1.82) is 0 Å². The van der Waals surface area contributed by atoms with Gasteiger partial charge in [0.2, 0.25) is 0 Å². The maximum atomic E-state index is 9.71.